The number of carbonyl (C=O) groups is 2. The molecular weight excluding hydrogens is 324 g/mol. The number of hydrogen-bond acceptors (Lipinski definition) is 4. The fourth-order valence-electron chi connectivity index (χ4n) is 2.52. The second-order valence-corrected chi connectivity index (χ2v) is 7.07. The number of nitrogens with one attached hydrogen (secondary N) is 1. The molecule has 2 aromatic rings. The van der Waals surface area contributed by atoms with Gasteiger partial charge in [0.25, 0.3) is 5.91 Å². The number of carbonyl (C=O) groups excluding carboxylic acids is 1. The number of amides is 1. The highest BCUT2D eigenvalue weighted by Gasteiger charge is 2.39. The third-order valence-corrected chi connectivity index (χ3v) is 5.43. The fourth-order valence-corrected chi connectivity index (χ4v) is 3.35. The topological polar surface area (TPSA) is 79.3 Å². The van der Waals surface area contributed by atoms with E-state index in [9.17, 15) is 14.7 Å². The molecule has 2 rings (SSSR count). The van der Waals surface area contributed by atoms with E-state index in [2.05, 4.69) is 10.3 Å². The molecule has 0 saturated heterocycles. The molecule has 0 radical (unpaired) electrons. The summed E-state index contributed by atoms with van der Waals surface area (Å²) in [6.07, 6.45) is 1.93. The summed E-state index contributed by atoms with van der Waals surface area (Å²) < 4.78 is 0. The number of hydrogen-bond donors (Lipinski definition) is 2. The Kier molecular flexibility index (Phi) is 5.72. The van der Waals surface area contributed by atoms with E-state index in [4.69, 9.17) is 0 Å². The SMILES string of the molecule is CCC(CNC(=O)c1cnc(C(C)C)s1)(C(=O)O)c1ccccc1. The van der Waals surface area contributed by atoms with Crippen LogP contribution in [0, 0.1) is 0 Å². The lowest BCUT2D eigenvalue weighted by atomic mass is 9.78. The minimum Gasteiger partial charge on any atom is -0.481 e. The number of benzene rings is 1. The summed E-state index contributed by atoms with van der Waals surface area (Å²) in [5.41, 5.74) is -0.449. The van der Waals surface area contributed by atoms with E-state index >= 15 is 0 Å². The first-order chi connectivity index (χ1) is 11.4. The Hall–Kier alpha value is -2.21. The third kappa shape index (κ3) is 3.64. The normalized spacial score (nSPS) is 13.5. The lowest BCUT2D eigenvalue weighted by Gasteiger charge is -2.28. The van der Waals surface area contributed by atoms with Gasteiger partial charge < -0.3 is 10.4 Å². The number of rotatable bonds is 7. The second-order valence-electron chi connectivity index (χ2n) is 6.01. The molecule has 0 fully saturated rings. The van der Waals surface area contributed by atoms with Crippen molar-refractivity contribution in [2.24, 2.45) is 0 Å². The van der Waals surface area contributed by atoms with Gasteiger partial charge in [-0.3, -0.25) is 9.59 Å². The number of thiazole rings is 1. The van der Waals surface area contributed by atoms with Gasteiger partial charge in [-0.2, -0.15) is 0 Å². The molecule has 1 aromatic heterocycles. The van der Waals surface area contributed by atoms with Gasteiger partial charge in [0.15, 0.2) is 0 Å². The molecule has 1 unspecified atom stereocenters. The number of aromatic nitrogens is 1. The molecule has 6 heteroatoms. The first-order valence-corrected chi connectivity index (χ1v) is 8.75. The van der Waals surface area contributed by atoms with Crippen LogP contribution in [-0.2, 0) is 10.2 Å². The Morgan fingerprint density at radius 3 is 2.46 bits per heavy atom. The van der Waals surface area contributed by atoms with E-state index in [1.54, 1.807) is 18.3 Å². The van der Waals surface area contributed by atoms with E-state index in [1.165, 1.54) is 11.3 Å². The Bertz CT molecular complexity index is 712. The van der Waals surface area contributed by atoms with Crippen LogP contribution in [0.1, 0.15) is 53.4 Å². The third-order valence-electron chi connectivity index (χ3n) is 4.13. The molecule has 1 heterocycles. The number of carboxylic acids is 1. The van der Waals surface area contributed by atoms with Crippen molar-refractivity contribution in [3.05, 3.63) is 52.0 Å². The van der Waals surface area contributed by atoms with Crippen LogP contribution in [0.2, 0.25) is 0 Å². The molecule has 1 amide bonds. The summed E-state index contributed by atoms with van der Waals surface area (Å²) in [5, 5.41) is 13.4. The van der Waals surface area contributed by atoms with Crippen LogP contribution in [0.25, 0.3) is 0 Å². The summed E-state index contributed by atoms with van der Waals surface area (Å²) >= 11 is 1.34. The van der Waals surface area contributed by atoms with Crippen LogP contribution in [0.3, 0.4) is 0 Å². The summed E-state index contributed by atoms with van der Waals surface area (Å²) in [7, 11) is 0. The molecule has 0 bridgehead atoms. The van der Waals surface area contributed by atoms with Gasteiger partial charge in [-0.1, -0.05) is 51.1 Å². The summed E-state index contributed by atoms with van der Waals surface area (Å²) in [6, 6.07) is 9.03. The molecule has 2 N–H and O–H groups in total. The first-order valence-electron chi connectivity index (χ1n) is 7.93. The van der Waals surface area contributed by atoms with Gasteiger partial charge in [0.1, 0.15) is 10.3 Å². The van der Waals surface area contributed by atoms with Crippen molar-refractivity contribution in [2.45, 2.75) is 38.5 Å². The van der Waals surface area contributed by atoms with Crippen molar-refractivity contribution in [1.82, 2.24) is 10.3 Å². The molecule has 0 aliphatic carbocycles. The molecule has 1 aromatic carbocycles. The summed E-state index contributed by atoms with van der Waals surface area (Å²) in [4.78, 5) is 29.0. The predicted octanol–water partition coefficient (Wildman–Crippen LogP) is 3.43. The maximum atomic E-state index is 12.4. The number of nitrogens with zero attached hydrogens (tertiary/aromatic N) is 1. The van der Waals surface area contributed by atoms with Gasteiger partial charge in [0.05, 0.1) is 11.2 Å². The number of carboxylic acid groups (broad SMARTS) is 1. The molecule has 128 valence electrons. The van der Waals surface area contributed by atoms with Crippen LogP contribution < -0.4 is 5.32 Å². The molecule has 1 atom stereocenters. The van der Waals surface area contributed by atoms with Gasteiger partial charge in [0.2, 0.25) is 0 Å². The average molecular weight is 346 g/mol. The van der Waals surface area contributed by atoms with Gasteiger partial charge in [-0.25, -0.2) is 4.98 Å². The van der Waals surface area contributed by atoms with Crippen molar-refractivity contribution >= 4 is 23.2 Å². The zero-order chi connectivity index (χ0) is 17.7. The molecule has 5 nitrogen and oxygen atoms in total. The van der Waals surface area contributed by atoms with Gasteiger partial charge in [-0.15, -0.1) is 11.3 Å². The summed E-state index contributed by atoms with van der Waals surface area (Å²) in [5.74, 6) is -0.965. The molecule has 0 spiro atoms. The monoisotopic (exact) mass is 346 g/mol. The minimum absolute atomic E-state index is 0.0383. The second kappa shape index (κ2) is 7.57. The van der Waals surface area contributed by atoms with E-state index in [0.29, 0.717) is 16.9 Å². The Balaban J connectivity index is 2.19. The zero-order valence-electron chi connectivity index (χ0n) is 14.1. The van der Waals surface area contributed by atoms with Gasteiger partial charge in [0, 0.05) is 12.5 Å². The maximum absolute atomic E-state index is 12.4. The van der Waals surface area contributed by atoms with Gasteiger partial charge in [-0.05, 0) is 12.0 Å². The Morgan fingerprint density at radius 2 is 1.96 bits per heavy atom. The van der Waals surface area contributed by atoms with Crippen molar-refractivity contribution < 1.29 is 14.7 Å². The highest BCUT2D eigenvalue weighted by molar-refractivity contribution is 7.13. The standard InChI is InChI=1S/C18H22N2O3S/c1-4-18(17(22)23,13-8-6-5-7-9-13)11-20-15(21)14-10-19-16(24-14)12(2)3/h5-10,12H,4,11H2,1-3H3,(H,20,21)(H,22,23). The highest BCUT2D eigenvalue weighted by atomic mass is 32.1. The average Bonchev–Trinajstić information content (AvgIpc) is 3.07. The van der Waals surface area contributed by atoms with Gasteiger partial charge >= 0.3 is 5.97 Å². The fraction of sp³-hybridized carbons (Fsp3) is 0.389. The zero-order valence-corrected chi connectivity index (χ0v) is 14.9. The highest BCUT2D eigenvalue weighted by Crippen LogP contribution is 2.28. The summed E-state index contributed by atoms with van der Waals surface area (Å²) in [6.45, 7) is 5.89. The van der Waals surface area contributed by atoms with Crippen LogP contribution in [-0.4, -0.2) is 28.5 Å². The smallest absolute Gasteiger partial charge is 0.315 e. The van der Waals surface area contributed by atoms with Crippen LogP contribution >= 0.6 is 11.3 Å². The van der Waals surface area contributed by atoms with Crippen LogP contribution in [0.15, 0.2) is 36.5 Å². The Morgan fingerprint density at radius 1 is 1.29 bits per heavy atom. The van der Waals surface area contributed by atoms with Crippen molar-refractivity contribution in [1.29, 1.82) is 0 Å². The van der Waals surface area contributed by atoms with E-state index in [1.807, 2.05) is 39.0 Å². The van der Waals surface area contributed by atoms with Crippen LogP contribution in [0.5, 0.6) is 0 Å². The largest absolute Gasteiger partial charge is 0.481 e. The molecule has 24 heavy (non-hydrogen) atoms. The van der Waals surface area contributed by atoms with Crippen molar-refractivity contribution in [3.8, 4) is 0 Å². The van der Waals surface area contributed by atoms with E-state index in [-0.39, 0.29) is 18.4 Å². The number of aliphatic carboxylic acids is 1. The minimum atomic E-state index is -1.14. The van der Waals surface area contributed by atoms with Crippen molar-refractivity contribution in [3.63, 3.8) is 0 Å². The molecule has 0 aliphatic heterocycles. The van der Waals surface area contributed by atoms with Crippen LogP contribution in [0.4, 0.5) is 0 Å². The van der Waals surface area contributed by atoms with Crippen molar-refractivity contribution in [2.75, 3.05) is 6.54 Å². The molecule has 0 aliphatic rings. The first kappa shape index (κ1) is 18.1. The molecule has 0 saturated carbocycles. The van der Waals surface area contributed by atoms with E-state index < -0.39 is 11.4 Å². The predicted molar refractivity (Wildman–Crippen MR) is 94.6 cm³/mol. The lowest BCUT2D eigenvalue weighted by molar-refractivity contribution is -0.143. The van der Waals surface area contributed by atoms with E-state index in [0.717, 1.165) is 5.01 Å². The molecular formula is C18H22N2O3S. The Labute approximate surface area is 145 Å². The lowest BCUT2D eigenvalue weighted by Crippen LogP contribution is -2.46. The quantitative estimate of drug-likeness (QED) is 0.805. The maximum Gasteiger partial charge on any atom is 0.315 e.